The molecule has 0 aliphatic rings. The Balaban J connectivity index is 4.65. The largest absolute Gasteiger partial charge is 0.389 e. The second kappa shape index (κ2) is 8.80. The number of alkyl halides is 3. The number of hydrogen-bond donors (Lipinski definition) is 1. The lowest BCUT2D eigenvalue weighted by molar-refractivity contribution is -0.137. The van der Waals surface area contributed by atoms with Gasteiger partial charge in [-0.3, -0.25) is 0 Å². The van der Waals surface area contributed by atoms with Crippen LogP contribution in [0.15, 0.2) is 0 Å². The first-order valence-electron chi connectivity index (χ1n) is 7.29. The van der Waals surface area contributed by atoms with Crippen LogP contribution < -0.4 is 5.32 Å². The zero-order chi connectivity index (χ0) is 14.9. The van der Waals surface area contributed by atoms with E-state index >= 15 is 0 Å². The first-order chi connectivity index (χ1) is 8.85. The molecule has 5 heteroatoms. The molecule has 0 heterocycles. The molecule has 0 bridgehead atoms. The van der Waals surface area contributed by atoms with Crippen LogP contribution in [0, 0.1) is 0 Å². The van der Waals surface area contributed by atoms with E-state index in [4.69, 9.17) is 4.74 Å². The van der Waals surface area contributed by atoms with E-state index in [0.717, 1.165) is 19.4 Å². The van der Waals surface area contributed by atoms with E-state index in [2.05, 4.69) is 5.32 Å². The standard InChI is InChI=1S/C14H28F3NO/c1-5-13(6-2,19-8-4)12(18-7-3)10-9-11-14(15,16)17/h12,18H,5-11H2,1-4H3. The molecule has 0 aliphatic heterocycles. The van der Waals surface area contributed by atoms with Gasteiger partial charge in [0.25, 0.3) is 0 Å². The molecular weight excluding hydrogens is 255 g/mol. The molecule has 0 aliphatic carbocycles. The van der Waals surface area contributed by atoms with Crippen LogP contribution in [0.25, 0.3) is 0 Å². The Morgan fingerprint density at radius 1 is 1.05 bits per heavy atom. The van der Waals surface area contributed by atoms with E-state index in [0.29, 0.717) is 13.0 Å². The molecule has 0 aromatic rings. The van der Waals surface area contributed by atoms with Crippen LogP contribution >= 0.6 is 0 Å². The number of ether oxygens (including phenoxy) is 1. The Bertz CT molecular complexity index is 227. The number of halogens is 3. The monoisotopic (exact) mass is 283 g/mol. The highest BCUT2D eigenvalue weighted by Crippen LogP contribution is 2.30. The quantitative estimate of drug-likeness (QED) is 0.645. The van der Waals surface area contributed by atoms with Crippen molar-refractivity contribution in [3.05, 3.63) is 0 Å². The maximum absolute atomic E-state index is 12.2. The summed E-state index contributed by atoms with van der Waals surface area (Å²) in [5.74, 6) is 0. The normalized spacial score (nSPS) is 14.7. The summed E-state index contributed by atoms with van der Waals surface area (Å²) < 4.78 is 42.6. The summed E-state index contributed by atoms with van der Waals surface area (Å²) in [5.41, 5.74) is -0.351. The minimum absolute atomic E-state index is 0.0187. The smallest absolute Gasteiger partial charge is 0.374 e. The Hall–Kier alpha value is -0.290. The van der Waals surface area contributed by atoms with Gasteiger partial charge in [0.1, 0.15) is 0 Å². The lowest BCUT2D eigenvalue weighted by atomic mass is 9.85. The van der Waals surface area contributed by atoms with Crippen molar-refractivity contribution in [1.29, 1.82) is 0 Å². The van der Waals surface area contributed by atoms with E-state index in [1.807, 2.05) is 27.7 Å². The van der Waals surface area contributed by atoms with Gasteiger partial charge in [0, 0.05) is 19.1 Å². The fourth-order valence-corrected chi connectivity index (χ4v) is 2.64. The van der Waals surface area contributed by atoms with Gasteiger partial charge in [-0.25, -0.2) is 0 Å². The van der Waals surface area contributed by atoms with Crippen molar-refractivity contribution in [2.75, 3.05) is 13.2 Å². The maximum Gasteiger partial charge on any atom is 0.389 e. The van der Waals surface area contributed by atoms with E-state index in [9.17, 15) is 13.2 Å². The summed E-state index contributed by atoms with van der Waals surface area (Å²) in [6.07, 6.45) is -2.53. The van der Waals surface area contributed by atoms with Crippen molar-refractivity contribution in [3.63, 3.8) is 0 Å². The van der Waals surface area contributed by atoms with Crippen molar-refractivity contribution in [1.82, 2.24) is 5.32 Å². The molecule has 19 heavy (non-hydrogen) atoms. The van der Waals surface area contributed by atoms with Gasteiger partial charge in [0.2, 0.25) is 0 Å². The van der Waals surface area contributed by atoms with Crippen LogP contribution in [-0.2, 0) is 4.74 Å². The van der Waals surface area contributed by atoms with Gasteiger partial charge in [0.05, 0.1) is 5.60 Å². The molecule has 0 amide bonds. The third-order valence-corrected chi connectivity index (χ3v) is 3.67. The SMILES string of the molecule is CCNC(CCCC(F)(F)F)C(CC)(CC)OCC. The summed E-state index contributed by atoms with van der Waals surface area (Å²) in [6.45, 7) is 9.30. The first kappa shape index (κ1) is 18.7. The van der Waals surface area contributed by atoms with Gasteiger partial charge in [-0.15, -0.1) is 0 Å². The topological polar surface area (TPSA) is 21.3 Å². The highest BCUT2D eigenvalue weighted by molar-refractivity contribution is 4.91. The molecule has 1 unspecified atom stereocenters. The van der Waals surface area contributed by atoms with E-state index in [-0.39, 0.29) is 18.1 Å². The molecule has 1 atom stereocenters. The molecule has 0 radical (unpaired) electrons. The molecule has 0 spiro atoms. The first-order valence-corrected chi connectivity index (χ1v) is 7.29. The van der Waals surface area contributed by atoms with Crippen molar-refractivity contribution < 1.29 is 17.9 Å². The molecular formula is C14H28F3NO. The third-order valence-electron chi connectivity index (χ3n) is 3.67. The molecule has 116 valence electrons. The second-order valence-corrected chi connectivity index (χ2v) is 4.82. The number of nitrogens with one attached hydrogen (secondary N) is 1. The van der Waals surface area contributed by atoms with Crippen LogP contribution in [0.1, 0.15) is 59.8 Å². The van der Waals surface area contributed by atoms with Crippen LogP contribution in [0.4, 0.5) is 13.2 Å². The molecule has 0 rings (SSSR count). The number of likely N-dealkylation sites (N-methyl/N-ethyl adjacent to an activating group) is 1. The van der Waals surface area contributed by atoms with Gasteiger partial charge in [-0.05, 0) is 39.2 Å². The van der Waals surface area contributed by atoms with Crippen molar-refractivity contribution in [2.24, 2.45) is 0 Å². The fourth-order valence-electron chi connectivity index (χ4n) is 2.64. The van der Waals surface area contributed by atoms with Crippen LogP contribution in [0.5, 0.6) is 0 Å². The lowest BCUT2D eigenvalue weighted by Crippen LogP contribution is -2.52. The highest BCUT2D eigenvalue weighted by Gasteiger charge is 2.36. The predicted molar refractivity (Wildman–Crippen MR) is 72.3 cm³/mol. The van der Waals surface area contributed by atoms with Gasteiger partial charge in [-0.2, -0.15) is 13.2 Å². The predicted octanol–water partition coefficient (Wildman–Crippen LogP) is 4.29. The molecule has 2 nitrogen and oxygen atoms in total. The zero-order valence-corrected chi connectivity index (χ0v) is 12.6. The molecule has 0 fully saturated rings. The van der Waals surface area contributed by atoms with Crippen LogP contribution in [0.3, 0.4) is 0 Å². The molecule has 0 saturated heterocycles. The number of hydrogen-bond acceptors (Lipinski definition) is 2. The fraction of sp³-hybridized carbons (Fsp3) is 1.00. The minimum atomic E-state index is -4.07. The lowest BCUT2D eigenvalue weighted by Gasteiger charge is -2.40. The van der Waals surface area contributed by atoms with Crippen molar-refractivity contribution in [3.8, 4) is 0 Å². The molecule has 0 saturated carbocycles. The zero-order valence-electron chi connectivity index (χ0n) is 12.6. The summed E-state index contributed by atoms with van der Waals surface area (Å²) in [6, 6.07) is -0.0187. The van der Waals surface area contributed by atoms with Crippen molar-refractivity contribution >= 4 is 0 Å². The Kier molecular flexibility index (Phi) is 8.66. The van der Waals surface area contributed by atoms with Crippen LogP contribution in [-0.4, -0.2) is 31.0 Å². The Morgan fingerprint density at radius 3 is 2.00 bits per heavy atom. The maximum atomic E-state index is 12.2. The van der Waals surface area contributed by atoms with Crippen LogP contribution in [0.2, 0.25) is 0 Å². The van der Waals surface area contributed by atoms with Gasteiger partial charge in [0.15, 0.2) is 0 Å². The van der Waals surface area contributed by atoms with Gasteiger partial charge >= 0.3 is 6.18 Å². The Morgan fingerprint density at radius 2 is 1.63 bits per heavy atom. The van der Waals surface area contributed by atoms with Gasteiger partial charge < -0.3 is 10.1 Å². The summed E-state index contributed by atoms with van der Waals surface area (Å²) in [5, 5.41) is 3.30. The number of rotatable bonds is 10. The summed E-state index contributed by atoms with van der Waals surface area (Å²) in [4.78, 5) is 0. The average Bonchev–Trinajstić information content (AvgIpc) is 2.34. The average molecular weight is 283 g/mol. The second-order valence-electron chi connectivity index (χ2n) is 4.82. The minimum Gasteiger partial charge on any atom is -0.374 e. The molecule has 0 aromatic carbocycles. The summed E-state index contributed by atoms with van der Waals surface area (Å²) >= 11 is 0. The highest BCUT2D eigenvalue weighted by atomic mass is 19.4. The van der Waals surface area contributed by atoms with E-state index < -0.39 is 12.6 Å². The molecule has 1 N–H and O–H groups in total. The Labute approximate surface area is 115 Å². The van der Waals surface area contributed by atoms with Gasteiger partial charge in [-0.1, -0.05) is 20.8 Å². The van der Waals surface area contributed by atoms with Crippen molar-refractivity contribution in [2.45, 2.75) is 77.6 Å². The summed E-state index contributed by atoms with van der Waals surface area (Å²) in [7, 11) is 0. The van der Waals surface area contributed by atoms with E-state index in [1.54, 1.807) is 0 Å². The third kappa shape index (κ3) is 6.61. The van der Waals surface area contributed by atoms with E-state index in [1.165, 1.54) is 0 Å². The molecule has 0 aromatic heterocycles.